The van der Waals surface area contributed by atoms with Crippen LogP contribution in [0.2, 0.25) is 0 Å². The van der Waals surface area contributed by atoms with Crippen LogP contribution in [0.5, 0.6) is 0 Å². The molecule has 1 unspecified atom stereocenters. The summed E-state index contributed by atoms with van der Waals surface area (Å²) in [7, 11) is 0. The maximum Gasteiger partial charge on any atom is 0.0659 e. The highest BCUT2D eigenvalue weighted by molar-refractivity contribution is 9.09. The van der Waals surface area contributed by atoms with E-state index < -0.39 is 5.60 Å². The van der Waals surface area contributed by atoms with Crippen LogP contribution >= 0.6 is 15.9 Å². The highest BCUT2D eigenvalue weighted by Gasteiger charge is 2.57. The third-order valence-corrected chi connectivity index (χ3v) is 6.50. The van der Waals surface area contributed by atoms with Gasteiger partial charge in [0.25, 0.3) is 0 Å². The maximum atomic E-state index is 10.8. The van der Waals surface area contributed by atoms with Gasteiger partial charge in [0, 0.05) is 10.7 Å². The Kier molecular flexibility index (Phi) is 3.51. The van der Waals surface area contributed by atoms with Gasteiger partial charge < -0.3 is 5.11 Å². The lowest BCUT2D eigenvalue weighted by Gasteiger charge is -2.50. The van der Waals surface area contributed by atoms with Gasteiger partial charge in [-0.1, -0.05) is 34.5 Å². The minimum absolute atomic E-state index is 0.262. The highest BCUT2D eigenvalue weighted by Crippen LogP contribution is 2.60. The molecule has 2 fully saturated rings. The highest BCUT2D eigenvalue weighted by atomic mass is 79.9. The first kappa shape index (κ1) is 13.6. The number of aliphatic hydroxyl groups is 1. The summed E-state index contributed by atoms with van der Waals surface area (Å²) < 4.78 is 0. The normalized spacial score (nSPS) is 49.9. The summed E-state index contributed by atoms with van der Waals surface area (Å²) in [6.45, 7) is 8.74. The van der Waals surface area contributed by atoms with Crippen LogP contribution < -0.4 is 0 Å². The van der Waals surface area contributed by atoms with E-state index in [-0.39, 0.29) is 5.41 Å². The van der Waals surface area contributed by atoms with E-state index in [1.165, 1.54) is 18.4 Å². The Hall–Kier alpha value is 0.180. The van der Waals surface area contributed by atoms with Gasteiger partial charge in [0.2, 0.25) is 0 Å². The van der Waals surface area contributed by atoms with E-state index in [0.29, 0.717) is 16.7 Å². The Morgan fingerprint density at radius 2 is 1.88 bits per heavy atom. The van der Waals surface area contributed by atoms with E-state index in [1.54, 1.807) is 0 Å². The number of hydrogen-bond acceptors (Lipinski definition) is 1. The molecule has 2 heteroatoms. The Balaban J connectivity index is 2.35. The first-order valence-electron chi connectivity index (χ1n) is 6.79. The molecule has 0 amide bonds. The molecule has 0 saturated heterocycles. The Bertz CT molecular complexity index is 330. The molecule has 0 aliphatic heterocycles. The monoisotopic (exact) mass is 300 g/mol. The number of rotatable bonds is 1. The molecule has 98 valence electrons. The smallest absolute Gasteiger partial charge is 0.0659 e. The first-order chi connectivity index (χ1) is 7.77. The fourth-order valence-corrected chi connectivity index (χ4v) is 5.07. The summed E-state index contributed by atoms with van der Waals surface area (Å²) in [5.41, 5.74) is 1.15. The van der Waals surface area contributed by atoms with Gasteiger partial charge in [0.1, 0.15) is 0 Å². The number of halogens is 1. The average Bonchev–Trinajstić information content (AvgIpc) is 2.52. The summed E-state index contributed by atoms with van der Waals surface area (Å²) in [6, 6.07) is 0. The van der Waals surface area contributed by atoms with Crippen molar-refractivity contribution in [3.63, 3.8) is 0 Å². The van der Waals surface area contributed by atoms with Crippen molar-refractivity contribution in [3.8, 4) is 0 Å². The zero-order valence-electron chi connectivity index (χ0n) is 11.5. The Morgan fingerprint density at radius 3 is 2.47 bits per heavy atom. The second-order valence-corrected chi connectivity index (χ2v) is 7.90. The van der Waals surface area contributed by atoms with Crippen LogP contribution in [0.1, 0.15) is 53.4 Å². The van der Waals surface area contributed by atoms with Crippen molar-refractivity contribution in [2.75, 3.05) is 0 Å². The van der Waals surface area contributed by atoms with Crippen molar-refractivity contribution in [3.05, 3.63) is 11.6 Å². The summed E-state index contributed by atoms with van der Waals surface area (Å²) in [4.78, 5) is 0.566. The van der Waals surface area contributed by atoms with E-state index in [2.05, 4.69) is 42.8 Å². The standard InChI is InChI=1S/C15H25BrO/c1-10(2)9-11-5-7-14(3)12(16)6-8-15(4,17)13(11)14/h9,11-13,17H,5-8H2,1-4H3/t11?,12-,13+,14+,15+/m0/s1. The molecule has 2 aliphatic carbocycles. The minimum atomic E-state index is -0.494. The van der Waals surface area contributed by atoms with Crippen molar-refractivity contribution in [2.45, 2.75) is 63.8 Å². The van der Waals surface area contributed by atoms with Gasteiger partial charge in [-0.25, -0.2) is 0 Å². The van der Waals surface area contributed by atoms with E-state index >= 15 is 0 Å². The Morgan fingerprint density at radius 1 is 1.24 bits per heavy atom. The molecule has 0 aromatic rings. The SMILES string of the molecule is CC(C)=CC1CC[C@@]2(C)[C@@H]1[C@](C)(O)CC[C@@H]2Br. The molecule has 0 spiro atoms. The molecule has 5 atom stereocenters. The van der Waals surface area contributed by atoms with Gasteiger partial charge in [0.15, 0.2) is 0 Å². The van der Waals surface area contributed by atoms with Gasteiger partial charge in [0.05, 0.1) is 5.60 Å². The lowest BCUT2D eigenvalue weighted by atomic mass is 9.60. The van der Waals surface area contributed by atoms with Gasteiger partial charge in [-0.05, 0) is 57.8 Å². The molecule has 1 N–H and O–H groups in total. The van der Waals surface area contributed by atoms with Crippen LogP contribution in [0.3, 0.4) is 0 Å². The fraction of sp³-hybridized carbons (Fsp3) is 0.867. The van der Waals surface area contributed by atoms with Gasteiger partial charge in [-0.15, -0.1) is 0 Å². The zero-order valence-corrected chi connectivity index (χ0v) is 13.0. The van der Waals surface area contributed by atoms with Crippen LogP contribution in [0, 0.1) is 17.3 Å². The second-order valence-electron chi connectivity index (χ2n) is 6.79. The van der Waals surface area contributed by atoms with E-state index in [0.717, 1.165) is 12.8 Å². The van der Waals surface area contributed by atoms with E-state index in [1.807, 2.05) is 6.92 Å². The molecule has 0 aromatic carbocycles. The van der Waals surface area contributed by atoms with Crippen LogP contribution in [0.15, 0.2) is 11.6 Å². The Labute approximate surface area is 114 Å². The predicted octanol–water partition coefficient (Wildman–Crippen LogP) is 4.29. The van der Waals surface area contributed by atoms with Crippen molar-refractivity contribution < 1.29 is 5.11 Å². The summed E-state index contributed by atoms with van der Waals surface area (Å²) >= 11 is 3.86. The molecule has 17 heavy (non-hydrogen) atoms. The third-order valence-electron chi connectivity index (χ3n) is 4.99. The summed E-state index contributed by atoms with van der Waals surface area (Å²) in [6.07, 6.45) is 6.87. The molecule has 2 aliphatic rings. The van der Waals surface area contributed by atoms with Crippen LogP contribution in [-0.2, 0) is 0 Å². The molecule has 1 nitrogen and oxygen atoms in total. The third kappa shape index (κ3) is 2.23. The summed E-state index contributed by atoms with van der Waals surface area (Å²) in [5, 5.41) is 10.8. The van der Waals surface area contributed by atoms with E-state index in [9.17, 15) is 5.11 Å². The molecule has 2 rings (SSSR count). The van der Waals surface area contributed by atoms with Crippen LogP contribution in [-0.4, -0.2) is 15.5 Å². The van der Waals surface area contributed by atoms with Crippen molar-refractivity contribution >= 4 is 15.9 Å². The zero-order chi connectivity index (χ0) is 12.8. The lowest BCUT2D eigenvalue weighted by molar-refractivity contribution is -0.0866. The van der Waals surface area contributed by atoms with Gasteiger partial charge in [-0.3, -0.25) is 0 Å². The summed E-state index contributed by atoms with van der Waals surface area (Å²) in [5.74, 6) is 0.961. The topological polar surface area (TPSA) is 20.2 Å². The number of allylic oxidation sites excluding steroid dienone is 2. The van der Waals surface area contributed by atoms with Crippen molar-refractivity contribution in [1.82, 2.24) is 0 Å². The minimum Gasteiger partial charge on any atom is -0.390 e. The van der Waals surface area contributed by atoms with Crippen LogP contribution in [0.25, 0.3) is 0 Å². The first-order valence-corrected chi connectivity index (χ1v) is 7.70. The van der Waals surface area contributed by atoms with Crippen molar-refractivity contribution in [2.24, 2.45) is 17.3 Å². The number of hydrogen-bond donors (Lipinski definition) is 1. The maximum absolute atomic E-state index is 10.8. The number of fused-ring (bicyclic) bond motifs is 1. The quantitative estimate of drug-likeness (QED) is 0.566. The molecular weight excluding hydrogens is 276 g/mol. The second kappa shape index (κ2) is 4.38. The van der Waals surface area contributed by atoms with Gasteiger partial charge >= 0.3 is 0 Å². The molecule has 2 saturated carbocycles. The molecule has 0 radical (unpaired) electrons. The van der Waals surface area contributed by atoms with Gasteiger partial charge in [-0.2, -0.15) is 0 Å². The largest absolute Gasteiger partial charge is 0.390 e. The molecule has 0 heterocycles. The average molecular weight is 301 g/mol. The fourth-order valence-electron chi connectivity index (χ4n) is 4.32. The van der Waals surface area contributed by atoms with Crippen molar-refractivity contribution in [1.29, 1.82) is 0 Å². The molecule has 0 aromatic heterocycles. The molecule has 0 bridgehead atoms. The van der Waals surface area contributed by atoms with E-state index in [4.69, 9.17) is 0 Å². The van der Waals surface area contributed by atoms with Crippen LogP contribution in [0.4, 0.5) is 0 Å². The number of alkyl halides is 1. The predicted molar refractivity (Wildman–Crippen MR) is 76.3 cm³/mol. The lowest BCUT2D eigenvalue weighted by Crippen LogP contribution is -2.52. The molecular formula is C15H25BrO.